The fourth-order valence-electron chi connectivity index (χ4n) is 3.19. The van der Waals surface area contributed by atoms with E-state index >= 15 is 0 Å². The maximum absolute atomic E-state index is 12.3. The van der Waals surface area contributed by atoms with E-state index in [1.807, 2.05) is 45.0 Å². The maximum Gasteiger partial charge on any atom is 0.216 e. The summed E-state index contributed by atoms with van der Waals surface area (Å²) in [6.45, 7) is 11.7. The van der Waals surface area contributed by atoms with Crippen LogP contribution >= 0.6 is 0 Å². The average Bonchev–Trinajstić information content (AvgIpc) is 2.64. The van der Waals surface area contributed by atoms with Crippen molar-refractivity contribution in [3.05, 3.63) is 70.3 Å². The highest BCUT2D eigenvalue weighted by molar-refractivity contribution is 7.88. The highest BCUT2D eigenvalue weighted by Crippen LogP contribution is 2.14. The van der Waals surface area contributed by atoms with Gasteiger partial charge in [0.15, 0.2) is 5.96 Å². The third kappa shape index (κ3) is 7.80. The molecule has 0 fully saturated rings. The number of hydrogen-bond donors (Lipinski definition) is 3. The van der Waals surface area contributed by atoms with Gasteiger partial charge >= 0.3 is 0 Å². The summed E-state index contributed by atoms with van der Waals surface area (Å²) in [7, 11) is -3.39. The molecule has 0 saturated heterocycles. The average molecular weight is 431 g/mol. The molecule has 0 aliphatic carbocycles. The summed E-state index contributed by atoms with van der Waals surface area (Å²) >= 11 is 0. The van der Waals surface area contributed by atoms with Crippen LogP contribution in [0.4, 0.5) is 0 Å². The molecule has 0 aliphatic heterocycles. The number of nitrogens with one attached hydrogen (secondary N) is 3. The molecule has 0 radical (unpaired) electrons. The molecule has 0 atom stereocenters. The van der Waals surface area contributed by atoms with Gasteiger partial charge in [-0.2, -0.15) is 0 Å². The number of benzene rings is 2. The normalized spacial score (nSPS) is 12.3. The lowest BCUT2D eigenvalue weighted by Gasteiger charge is -2.14. The molecule has 2 rings (SSSR count). The first-order valence-electron chi connectivity index (χ1n) is 10.3. The SMILES string of the molecule is CCNC(=NCc1ccccc1CS(=O)(=O)NC(C)C)NCc1ccc(C)cc1C. The number of sulfonamides is 1. The van der Waals surface area contributed by atoms with E-state index in [9.17, 15) is 8.42 Å². The molecule has 0 heterocycles. The van der Waals surface area contributed by atoms with Crippen LogP contribution in [0.15, 0.2) is 47.5 Å². The van der Waals surface area contributed by atoms with Crippen molar-refractivity contribution in [2.24, 2.45) is 4.99 Å². The third-order valence-electron chi connectivity index (χ3n) is 4.58. The summed E-state index contributed by atoms with van der Waals surface area (Å²) in [5.74, 6) is 0.652. The predicted octanol–water partition coefficient (Wildman–Crippen LogP) is 3.39. The molecule has 3 N–H and O–H groups in total. The molecule has 0 unspecified atom stereocenters. The molecule has 30 heavy (non-hydrogen) atoms. The molecule has 0 aromatic heterocycles. The predicted molar refractivity (Wildman–Crippen MR) is 125 cm³/mol. The zero-order valence-electron chi connectivity index (χ0n) is 18.6. The number of nitrogens with zero attached hydrogens (tertiary/aromatic N) is 1. The van der Waals surface area contributed by atoms with Crippen LogP contribution in [0.5, 0.6) is 0 Å². The summed E-state index contributed by atoms with van der Waals surface area (Å²) in [6, 6.07) is 13.8. The van der Waals surface area contributed by atoms with Gasteiger partial charge in [0.1, 0.15) is 0 Å². The van der Waals surface area contributed by atoms with Crippen LogP contribution in [-0.2, 0) is 28.9 Å². The minimum absolute atomic E-state index is 0.0522. The summed E-state index contributed by atoms with van der Waals surface area (Å²) in [5, 5.41) is 6.63. The van der Waals surface area contributed by atoms with Crippen LogP contribution in [-0.4, -0.2) is 27.0 Å². The van der Waals surface area contributed by atoms with Gasteiger partial charge < -0.3 is 10.6 Å². The van der Waals surface area contributed by atoms with E-state index in [1.165, 1.54) is 16.7 Å². The third-order valence-corrected chi connectivity index (χ3v) is 6.10. The van der Waals surface area contributed by atoms with Crippen LogP contribution < -0.4 is 15.4 Å². The molecule has 0 saturated carbocycles. The summed E-state index contributed by atoms with van der Waals surface area (Å²) in [5.41, 5.74) is 5.37. The van der Waals surface area contributed by atoms with Crippen molar-refractivity contribution in [2.45, 2.75) is 59.5 Å². The van der Waals surface area contributed by atoms with Gasteiger partial charge in [-0.1, -0.05) is 48.0 Å². The molecule has 2 aromatic carbocycles. The van der Waals surface area contributed by atoms with E-state index in [0.717, 1.165) is 17.7 Å². The minimum atomic E-state index is -3.39. The van der Waals surface area contributed by atoms with Crippen molar-refractivity contribution in [2.75, 3.05) is 6.54 Å². The summed E-state index contributed by atoms with van der Waals surface area (Å²) in [6.07, 6.45) is 0. The van der Waals surface area contributed by atoms with Gasteiger partial charge in [-0.15, -0.1) is 0 Å². The fourth-order valence-corrected chi connectivity index (χ4v) is 4.68. The second kappa shape index (κ2) is 11.1. The molecule has 7 heteroatoms. The smallest absolute Gasteiger partial charge is 0.216 e. The molecule has 0 aliphatic rings. The molecule has 6 nitrogen and oxygen atoms in total. The number of aliphatic imine (C=N–C) groups is 1. The Morgan fingerprint density at radius 3 is 2.33 bits per heavy atom. The lowest BCUT2D eigenvalue weighted by molar-refractivity contribution is 0.569. The zero-order valence-corrected chi connectivity index (χ0v) is 19.4. The second-order valence-corrected chi connectivity index (χ2v) is 9.53. The summed E-state index contributed by atoms with van der Waals surface area (Å²) in [4.78, 5) is 4.68. The zero-order chi connectivity index (χ0) is 22.1. The van der Waals surface area contributed by atoms with Crippen LogP contribution in [0.3, 0.4) is 0 Å². The van der Waals surface area contributed by atoms with Crippen LogP contribution in [0.25, 0.3) is 0 Å². The number of guanidine groups is 1. The standard InChI is InChI=1S/C23H34N4O2S/c1-6-24-23(25-14-20-12-11-18(4)13-19(20)5)26-15-21-9-7-8-10-22(21)16-30(28,29)27-17(2)3/h7-13,17,27H,6,14-16H2,1-5H3,(H2,24,25,26). The van der Waals surface area contributed by atoms with E-state index in [4.69, 9.17) is 0 Å². The Hall–Kier alpha value is -2.38. The van der Waals surface area contributed by atoms with Crippen LogP contribution in [0, 0.1) is 13.8 Å². The monoisotopic (exact) mass is 430 g/mol. The van der Waals surface area contributed by atoms with Crippen molar-refractivity contribution in [1.82, 2.24) is 15.4 Å². The Balaban J connectivity index is 2.12. The van der Waals surface area contributed by atoms with E-state index in [-0.39, 0.29) is 11.8 Å². The number of hydrogen-bond acceptors (Lipinski definition) is 3. The molecule has 2 aromatic rings. The topological polar surface area (TPSA) is 82.6 Å². The molecule has 0 spiro atoms. The number of rotatable bonds is 9. The van der Waals surface area contributed by atoms with E-state index in [1.54, 1.807) is 0 Å². The molecule has 164 valence electrons. The van der Waals surface area contributed by atoms with E-state index in [0.29, 0.717) is 19.0 Å². The highest BCUT2D eigenvalue weighted by Gasteiger charge is 2.15. The van der Waals surface area contributed by atoms with Gasteiger partial charge in [0.25, 0.3) is 0 Å². The Kier molecular flexibility index (Phi) is 8.87. The first kappa shape index (κ1) is 23.9. The van der Waals surface area contributed by atoms with Crippen molar-refractivity contribution >= 4 is 16.0 Å². The Morgan fingerprint density at radius 2 is 1.70 bits per heavy atom. The van der Waals surface area contributed by atoms with Gasteiger partial charge in [0.05, 0.1) is 12.3 Å². The van der Waals surface area contributed by atoms with Gasteiger partial charge in [0.2, 0.25) is 10.0 Å². The van der Waals surface area contributed by atoms with Gasteiger partial charge in [0, 0.05) is 19.1 Å². The van der Waals surface area contributed by atoms with Crippen molar-refractivity contribution in [3.8, 4) is 0 Å². The van der Waals surface area contributed by atoms with Crippen LogP contribution in [0.1, 0.15) is 48.6 Å². The van der Waals surface area contributed by atoms with Gasteiger partial charge in [-0.25, -0.2) is 18.1 Å². The largest absolute Gasteiger partial charge is 0.357 e. The van der Waals surface area contributed by atoms with Gasteiger partial charge in [-0.05, 0) is 56.9 Å². The molecular weight excluding hydrogens is 396 g/mol. The Labute approximate surface area is 181 Å². The van der Waals surface area contributed by atoms with E-state index < -0.39 is 10.0 Å². The molecule has 0 bridgehead atoms. The highest BCUT2D eigenvalue weighted by atomic mass is 32.2. The fraction of sp³-hybridized carbons (Fsp3) is 0.435. The first-order valence-corrected chi connectivity index (χ1v) is 12.0. The van der Waals surface area contributed by atoms with Crippen molar-refractivity contribution < 1.29 is 8.42 Å². The molecular formula is C23H34N4O2S. The van der Waals surface area contributed by atoms with Crippen molar-refractivity contribution in [1.29, 1.82) is 0 Å². The maximum atomic E-state index is 12.3. The number of aryl methyl sites for hydroxylation is 2. The lowest BCUT2D eigenvalue weighted by Crippen LogP contribution is -2.37. The summed E-state index contributed by atoms with van der Waals surface area (Å²) < 4.78 is 27.3. The Bertz CT molecular complexity index is 969. The van der Waals surface area contributed by atoms with Gasteiger partial charge in [-0.3, -0.25) is 0 Å². The Morgan fingerprint density at radius 1 is 1.00 bits per heavy atom. The van der Waals surface area contributed by atoms with Crippen molar-refractivity contribution in [3.63, 3.8) is 0 Å². The van der Waals surface area contributed by atoms with Crippen LogP contribution in [0.2, 0.25) is 0 Å². The minimum Gasteiger partial charge on any atom is -0.357 e. The quantitative estimate of drug-likeness (QED) is 0.421. The second-order valence-electron chi connectivity index (χ2n) is 7.78. The molecule has 0 amide bonds. The van der Waals surface area contributed by atoms with E-state index in [2.05, 4.69) is 52.4 Å². The first-order chi connectivity index (χ1) is 14.2. The lowest BCUT2D eigenvalue weighted by atomic mass is 10.1.